The van der Waals surface area contributed by atoms with Crippen molar-refractivity contribution in [3.8, 4) is 0 Å². The number of hydrogen-bond donors (Lipinski definition) is 1. The first-order chi connectivity index (χ1) is 13.4. The summed E-state index contributed by atoms with van der Waals surface area (Å²) in [7, 11) is 1.89. The zero-order valence-corrected chi connectivity index (χ0v) is 18.7. The van der Waals surface area contributed by atoms with Gasteiger partial charge in [0.15, 0.2) is 0 Å². The van der Waals surface area contributed by atoms with E-state index in [2.05, 4.69) is 43.3 Å². The van der Waals surface area contributed by atoms with Crippen LogP contribution in [0.15, 0.2) is 28.9 Å². The Morgan fingerprint density at radius 1 is 1.36 bits per heavy atom. The summed E-state index contributed by atoms with van der Waals surface area (Å²) in [5, 5.41) is 9.23. The molecule has 0 aromatic carbocycles. The predicted octanol–water partition coefficient (Wildman–Crippen LogP) is 4.04. The minimum atomic E-state index is -0.292. The van der Waals surface area contributed by atoms with Crippen LogP contribution in [0.5, 0.6) is 0 Å². The Hall–Kier alpha value is -1.62. The van der Waals surface area contributed by atoms with Gasteiger partial charge >= 0.3 is 0 Å². The van der Waals surface area contributed by atoms with Crippen LogP contribution in [-0.2, 0) is 4.79 Å². The van der Waals surface area contributed by atoms with E-state index in [0.717, 1.165) is 38.9 Å². The van der Waals surface area contributed by atoms with E-state index in [1.807, 2.05) is 14.0 Å². The molecule has 0 saturated carbocycles. The third kappa shape index (κ3) is 7.42. The first-order valence-corrected chi connectivity index (χ1v) is 10.9. The van der Waals surface area contributed by atoms with Crippen LogP contribution in [0.2, 0.25) is 0 Å². The van der Waals surface area contributed by atoms with Crippen LogP contribution in [-0.4, -0.2) is 65.9 Å². The standard InChI is InChI=1S/C15H26N2.C8H15NO2/c1-6-8-12(3)13(4)17-10-9-15(16-5)14(7-2)11-17;1-2-8(11)9-5-3-4-7(10)6-9/h7,12H,4,6,8-11H2,1-3,5H3;7,10H,2-6H2,1H3/b14-7-,16-15?;. The smallest absolute Gasteiger partial charge is 0.222 e. The Kier molecular flexibility index (Phi) is 11.1. The molecule has 2 saturated heterocycles. The average molecular weight is 392 g/mol. The fraction of sp³-hybridized carbons (Fsp3) is 0.739. The van der Waals surface area contributed by atoms with E-state index in [1.54, 1.807) is 4.90 Å². The van der Waals surface area contributed by atoms with Gasteiger partial charge in [0.05, 0.1) is 6.10 Å². The Bertz CT molecular complexity index is 568. The quantitative estimate of drug-likeness (QED) is 0.769. The number of carbonyl (C=O) groups excluding carboxylic acids is 1. The summed E-state index contributed by atoms with van der Waals surface area (Å²) in [6, 6.07) is 0. The van der Waals surface area contributed by atoms with E-state index in [1.165, 1.54) is 29.8 Å². The molecule has 2 aliphatic heterocycles. The van der Waals surface area contributed by atoms with Gasteiger partial charge in [-0.2, -0.15) is 0 Å². The molecule has 2 atom stereocenters. The highest BCUT2D eigenvalue weighted by atomic mass is 16.3. The largest absolute Gasteiger partial charge is 0.391 e. The molecule has 2 unspecified atom stereocenters. The van der Waals surface area contributed by atoms with Crippen LogP contribution >= 0.6 is 0 Å². The highest BCUT2D eigenvalue weighted by Gasteiger charge is 2.22. The molecule has 0 spiro atoms. The molecule has 1 amide bonds. The zero-order valence-electron chi connectivity index (χ0n) is 18.7. The lowest BCUT2D eigenvalue weighted by Gasteiger charge is -2.35. The van der Waals surface area contributed by atoms with Crippen LogP contribution in [0.4, 0.5) is 0 Å². The molecule has 0 aromatic heterocycles. The Morgan fingerprint density at radius 3 is 2.61 bits per heavy atom. The summed E-state index contributed by atoms with van der Waals surface area (Å²) in [5.74, 6) is 0.752. The molecular formula is C23H41N3O2. The van der Waals surface area contributed by atoms with Crippen molar-refractivity contribution in [3.05, 3.63) is 23.9 Å². The number of nitrogens with zero attached hydrogens (tertiary/aromatic N) is 3. The minimum Gasteiger partial charge on any atom is -0.391 e. The number of amides is 1. The summed E-state index contributed by atoms with van der Waals surface area (Å²) in [6.45, 7) is 16.1. The van der Waals surface area contributed by atoms with Crippen molar-refractivity contribution in [1.82, 2.24) is 9.80 Å². The number of piperidine rings is 2. The summed E-state index contributed by atoms with van der Waals surface area (Å²) in [5.41, 5.74) is 3.92. The first-order valence-electron chi connectivity index (χ1n) is 10.9. The second-order valence-electron chi connectivity index (χ2n) is 7.83. The molecule has 1 N–H and O–H groups in total. The van der Waals surface area contributed by atoms with Crippen molar-refractivity contribution < 1.29 is 9.90 Å². The van der Waals surface area contributed by atoms with Gasteiger partial charge in [-0.05, 0) is 37.7 Å². The molecule has 160 valence electrons. The van der Waals surface area contributed by atoms with Crippen molar-refractivity contribution in [3.63, 3.8) is 0 Å². The van der Waals surface area contributed by atoms with Crippen LogP contribution < -0.4 is 0 Å². The third-order valence-corrected chi connectivity index (χ3v) is 5.72. The molecule has 0 bridgehead atoms. The fourth-order valence-corrected chi connectivity index (χ4v) is 3.85. The molecule has 2 rings (SSSR count). The second kappa shape index (κ2) is 12.8. The van der Waals surface area contributed by atoms with E-state index in [4.69, 9.17) is 0 Å². The number of rotatable bonds is 5. The lowest BCUT2D eigenvalue weighted by atomic mass is 9.97. The van der Waals surface area contributed by atoms with Crippen molar-refractivity contribution >= 4 is 11.6 Å². The van der Waals surface area contributed by atoms with Gasteiger partial charge in [-0.3, -0.25) is 9.79 Å². The number of carbonyl (C=O) groups is 1. The molecule has 0 aliphatic carbocycles. The number of allylic oxidation sites excluding steroid dienone is 2. The van der Waals surface area contributed by atoms with Gasteiger partial charge in [0.1, 0.15) is 0 Å². The van der Waals surface area contributed by atoms with E-state index in [9.17, 15) is 9.90 Å². The molecule has 0 radical (unpaired) electrons. The fourth-order valence-electron chi connectivity index (χ4n) is 3.85. The van der Waals surface area contributed by atoms with Gasteiger partial charge < -0.3 is 14.9 Å². The van der Waals surface area contributed by atoms with Crippen molar-refractivity contribution in [1.29, 1.82) is 0 Å². The highest BCUT2D eigenvalue weighted by molar-refractivity contribution is 6.01. The van der Waals surface area contributed by atoms with E-state index < -0.39 is 0 Å². The maximum Gasteiger partial charge on any atom is 0.222 e. The number of aliphatic hydroxyl groups excluding tert-OH is 1. The Morgan fingerprint density at radius 2 is 2.07 bits per heavy atom. The molecule has 28 heavy (non-hydrogen) atoms. The van der Waals surface area contributed by atoms with Crippen molar-refractivity contribution in [2.75, 3.05) is 33.2 Å². The predicted molar refractivity (Wildman–Crippen MR) is 119 cm³/mol. The molecule has 5 heteroatoms. The van der Waals surface area contributed by atoms with E-state index in [-0.39, 0.29) is 12.0 Å². The topological polar surface area (TPSA) is 56.1 Å². The van der Waals surface area contributed by atoms with Gasteiger partial charge in [-0.25, -0.2) is 0 Å². The zero-order chi connectivity index (χ0) is 21.1. The normalized spacial score (nSPS) is 24.0. The number of hydrogen-bond acceptors (Lipinski definition) is 4. The summed E-state index contributed by atoms with van der Waals surface area (Å²) >= 11 is 0. The molecule has 2 heterocycles. The Labute approximate surface area is 172 Å². The average Bonchev–Trinajstić information content (AvgIpc) is 2.72. The van der Waals surface area contributed by atoms with Gasteiger partial charge in [0, 0.05) is 57.5 Å². The Balaban J connectivity index is 0.000000307. The van der Waals surface area contributed by atoms with Crippen LogP contribution in [0.25, 0.3) is 0 Å². The summed E-state index contributed by atoms with van der Waals surface area (Å²) in [4.78, 5) is 19.7. The molecule has 5 nitrogen and oxygen atoms in total. The number of aliphatic hydroxyl groups is 1. The lowest BCUT2D eigenvalue weighted by molar-refractivity contribution is -0.133. The van der Waals surface area contributed by atoms with Crippen LogP contribution in [0.1, 0.15) is 66.2 Å². The van der Waals surface area contributed by atoms with Crippen LogP contribution in [0.3, 0.4) is 0 Å². The lowest BCUT2D eigenvalue weighted by Crippen LogP contribution is -2.41. The number of aliphatic imine (C=N–C) groups is 1. The molecular weight excluding hydrogens is 350 g/mol. The third-order valence-electron chi connectivity index (χ3n) is 5.72. The maximum absolute atomic E-state index is 11.1. The van der Waals surface area contributed by atoms with Crippen LogP contribution in [0, 0.1) is 5.92 Å². The minimum absolute atomic E-state index is 0.156. The second-order valence-corrected chi connectivity index (χ2v) is 7.83. The first kappa shape index (κ1) is 24.4. The monoisotopic (exact) mass is 391 g/mol. The highest BCUT2D eigenvalue weighted by Crippen LogP contribution is 2.24. The maximum atomic E-state index is 11.1. The number of likely N-dealkylation sites (tertiary alicyclic amines) is 2. The number of β-amino-alcohol motifs (C(OH)–C–C–N with tert-alkyl or cyclic N) is 1. The summed E-state index contributed by atoms with van der Waals surface area (Å²) in [6.07, 6.45) is 7.73. The van der Waals surface area contributed by atoms with Gasteiger partial charge in [0.25, 0.3) is 0 Å². The molecule has 2 aliphatic rings. The van der Waals surface area contributed by atoms with Crippen molar-refractivity contribution in [2.45, 2.75) is 72.3 Å². The van der Waals surface area contributed by atoms with Crippen molar-refractivity contribution in [2.24, 2.45) is 10.9 Å². The van der Waals surface area contributed by atoms with Gasteiger partial charge in [-0.15, -0.1) is 0 Å². The van der Waals surface area contributed by atoms with Gasteiger partial charge in [-0.1, -0.05) is 39.8 Å². The van der Waals surface area contributed by atoms with E-state index >= 15 is 0 Å². The van der Waals surface area contributed by atoms with Gasteiger partial charge in [0.2, 0.25) is 5.91 Å². The SMILES string of the molecule is C=C(C(C)CCC)N1CCC(=NC)/C(=C\C)C1.CCC(=O)N1CCCC(O)C1. The molecule has 2 fully saturated rings. The molecule has 0 aromatic rings. The van der Waals surface area contributed by atoms with E-state index in [0.29, 0.717) is 18.9 Å². The summed E-state index contributed by atoms with van der Waals surface area (Å²) < 4.78 is 0.